The molecule has 144 valence electrons. The highest BCUT2D eigenvalue weighted by molar-refractivity contribution is 5.94. The molecule has 0 aromatic heterocycles. The second-order valence-electron chi connectivity index (χ2n) is 5.80. The second kappa shape index (κ2) is 10.9. The Kier molecular flexibility index (Phi) is 8.16. The summed E-state index contributed by atoms with van der Waals surface area (Å²) in [7, 11) is 0. The van der Waals surface area contributed by atoms with Crippen molar-refractivity contribution in [3.63, 3.8) is 0 Å². The van der Waals surface area contributed by atoms with Gasteiger partial charge in [-0.3, -0.25) is 9.59 Å². The van der Waals surface area contributed by atoms with E-state index in [1.807, 2.05) is 38.1 Å². The van der Waals surface area contributed by atoms with Gasteiger partial charge in [-0.1, -0.05) is 18.2 Å². The number of hydrogen-bond acceptors (Lipinski definition) is 4. The molecule has 2 aromatic carbocycles. The molecule has 0 saturated carbocycles. The van der Waals surface area contributed by atoms with Crippen molar-refractivity contribution >= 4 is 17.5 Å². The number of carbonyl (C=O) groups excluding carboxylic acids is 2. The molecule has 0 aliphatic heterocycles. The molecule has 27 heavy (non-hydrogen) atoms. The topological polar surface area (TPSA) is 76.7 Å². The molecule has 0 bridgehead atoms. The standard InChI is InChI=1S/C21H26N2O4/c1-3-26-17-12-13-19(27-4-2)18(15-17)23-20(24)11-8-14-22-21(25)16-9-6-5-7-10-16/h5-7,9-10,12-13,15H,3-4,8,11,14H2,1-2H3,(H,22,25)(H,23,24). The van der Waals surface area contributed by atoms with Crippen LogP contribution in [0, 0.1) is 0 Å². The van der Waals surface area contributed by atoms with Crippen molar-refractivity contribution in [3.05, 3.63) is 54.1 Å². The minimum absolute atomic E-state index is 0.140. The zero-order chi connectivity index (χ0) is 19.5. The summed E-state index contributed by atoms with van der Waals surface area (Å²) in [5.41, 5.74) is 1.19. The van der Waals surface area contributed by atoms with Gasteiger partial charge in [-0.25, -0.2) is 0 Å². The molecule has 6 nitrogen and oxygen atoms in total. The summed E-state index contributed by atoms with van der Waals surface area (Å²) in [6.07, 6.45) is 0.832. The molecule has 0 aliphatic carbocycles. The molecule has 6 heteroatoms. The Morgan fingerprint density at radius 2 is 1.70 bits per heavy atom. The maximum absolute atomic E-state index is 12.2. The summed E-state index contributed by atoms with van der Waals surface area (Å²) in [5, 5.41) is 5.67. The summed E-state index contributed by atoms with van der Waals surface area (Å²) in [6.45, 7) is 5.26. The van der Waals surface area contributed by atoms with Crippen LogP contribution in [0.15, 0.2) is 48.5 Å². The molecule has 2 amide bonds. The molecule has 0 fully saturated rings. The third-order valence-corrected chi connectivity index (χ3v) is 3.74. The summed E-state index contributed by atoms with van der Waals surface area (Å²) < 4.78 is 11.0. The SMILES string of the molecule is CCOc1ccc(OCC)c(NC(=O)CCCNC(=O)c2ccccc2)c1. The molecule has 0 aliphatic rings. The smallest absolute Gasteiger partial charge is 0.251 e. The van der Waals surface area contributed by atoms with Crippen molar-refractivity contribution in [1.29, 1.82) is 0 Å². The van der Waals surface area contributed by atoms with Gasteiger partial charge in [0.05, 0.1) is 18.9 Å². The Morgan fingerprint density at radius 3 is 2.41 bits per heavy atom. The van der Waals surface area contributed by atoms with Gasteiger partial charge in [0.1, 0.15) is 11.5 Å². The van der Waals surface area contributed by atoms with Gasteiger partial charge < -0.3 is 20.1 Å². The molecular formula is C21H26N2O4. The van der Waals surface area contributed by atoms with E-state index in [4.69, 9.17) is 9.47 Å². The fraction of sp³-hybridized carbons (Fsp3) is 0.333. The van der Waals surface area contributed by atoms with Crippen molar-refractivity contribution in [1.82, 2.24) is 5.32 Å². The van der Waals surface area contributed by atoms with Crippen LogP contribution < -0.4 is 20.1 Å². The van der Waals surface area contributed by atoms with Crippen LogP contribution in [0.25, 0.3) is 0 Å². The third kappa shape index (κ3) is 6.66. The Morgan fingerprint density at radius 1 is 0.963 bits per heavy atom. The number of rotatable bonds is 10. The Hall–Kier alpha value is -3.02. The lowest BCUT2D eigenvalue weighted by Gasteiger charge is -2.13. The summed E-state index contributed by atoms with van der Waals surface area (Å²) in [5.74, 6) is 0.996. The van der Waals surface area contributed by atoms with Crippen LogP contribution in [0.1, 0.15) is 37.0 Å². The van der Waals surface area contributed by atoms with Crippen molar-refractivity contribution < 1.29 is 19.1 Å². The zero-order valence-corrected chi connectivity index (χ0v) is 15.8. The van der Waals surface area contributed by atoms with Crippen LogP contribution in [0.3, 0.4) is 0 Å². The highest BCUT2D eigenvalue weighted by Gasteiger charge is 2.10. The van der Waals surface area contributed by atoms with Crippen LogP contribution in [-0.4, -0.2) is 31.6 Å². The highest BCUT2D eigenvalue weighted by Crippen LogP contribution is 2.29. The average molecular weight is 370 g/mol. The van der Waals surface area contributed by atoms with E-state index in [9.17, 15) is 9.59 Å². The minimum Gasteiger partial charge on any atom is -0.494 e. The molecule has 0 heterocycles. The number of ether oxygens (including phenoxy) is 2. The molecule has 2 aromatic rings. The summed E-state index contributed by atoms with van der Waals surface area (Å²) in [6, 6.07) is 14.3. The fourth-order valence-corrected chi connectivity index (χ4v) is 2.50. The predicted molar refractivity (Wildman–Crippen MR) is 105 cm³/mol. The van der Waals surface area contributed by atoms with Gasteiger partial charge in [-0.15, -0.1) is 0 Å². The van der Waals surface area contributed by atoms with Crippen LogP contribution in [0.2, 0.25) is 0 Å². The molecule has 0 atom stereocenters. The van der Waals surface area contributed by atoms with Crippen LogP contribution in [-0.2, 0) is 4.79 Å². The van der Waals surface area contributed by atoms with Crippen molar-refractivity contribution in [2.75, 3.05) is 25.1 Å². The monoisotopic (exact) mass is 370 g/mol. The molecule has 0 spiro atoms. The van der Waals surface area contributed by atoms with Crippen molar-refractivity contribution in [2.45, 2.75) is 26.7 Å². The first-order valence-electron chi connectivity index (χ1n) is 9.16. The maximum atomic E-state index is 12.2. The van der Waals surface area contributed by atoms with Gasteiger partial charge in [-0.05, 0) is 44.5 Å². The van der Waals surface area contributed by atoms with Crippen molar-refractivity contribution in [3.8, 4) is 11.5 Å². The van der Waals surface area contributed by atoms with E-state index >= 15 is 0 Å². The zero-order valence-electron chi connectivity index (χ0n) is 15.8. The van der Waals surface area contributed by atoms with Gasteiger partial charge in [0.25, 0.3) is 5.91 Å². The number of nitrogens with one attached hydrogen (secondary N) is 2. The molecule has 0 saturated heterocycles. The minimum atomic E-state index is -0.140. The third-order valence-electron chi connectivity index (χ3n) is 3.74. The highest BCUT2D eigenvalue weighted by atomic mass is 16.5. The normalized spacial score (nSPS) is 10.1. The lowest BCUT2D eigenvalue weighted by molar-refractivity contribution is -0.116. The van der Waals surface area contributed by atoms with Gasteiger partial charge >= 0.3 is 0 Å². The maximum Gasteiger partial charge on any atom is 0.251 e. The van der Waals surface area contributed by atoms with Crippen molar-refractivity contribution in [2.24, 2.45) is 0 Å². The number of anilines is 1. The van der Waals surface area contributed by atoms with Crippen LogP contribution in [0.4, 0.5) is 5.69 Å². The van der Waals surface area contributed by atoms with E-state index in [1.54, 1.807) is 24.3 Å². The summed E-state index contributed by atoms with van der Waals surface area (Å²) >= 11 is 0. The lowest BCUT2D eigenvalue weighted by Crippen LogP contribution is -2.25. The quantitative estimate of drug-likeness (QED) is 0.626. The van der Waals surface area contributed by atoms with E-state index in [0.717, 1.165) is 0 Å². The predicted octanol–water partition coefficient (Wildman–Crippen LogP) is 3.63. The number of benzene rings is 2. The van der Waals surface area contributed by atoms with E-state index in [-0.39, 0.29) is 11.8 Å². The van der Waals surface area contributed by atoms with Gasteiger partial charge in [-0.2, -0.15) is 0 Å². The first kappa shape index (κ1) is 20.3. The Labute approximate surface area is 159 Å². The summed E-state index contributed by atoms with van der Waals surface area (Å²) in [4.78, 5) is 24.2. The van der Waals surface area contributed by atoms with Gasteiger partial charge in [0.15, 0.2) is 0 Å². The molecular weight excluding hydrogens is 344 g/mol. The van der Waals surface area contributed by atoms with Gasteiger partial charge in [0, 0.05) is 24.6 Å². The fourth-order valence-electron chi connectivity index (χ4n) is 2.50. The van der Waals surface area contributed by atoms with Crippen LogP contribution >= 0.6 is 0 Å². The van der Waals surface area contributed by atoms with Gasteiger partial charge in [0.2, 0.25) is 5.91 Å². The first-order valence-corrected chi connectivity index (χ1v) is 9.16. The Bertz CT molecular complexity index is 747. The molecule has 0 unspecified atom stereocenters. The average Bonchev–Trinajstić information content (AvgIpc) is 2.68. The molecule has 2 N–H and O–H groups in total. The van der Waals surface area contributed by atoms with E-state index in [1.165, 1.54) is 0 Å². The number of amides is 2. The molecule has 2 rings (SSSR count). The molecule has 0 radical (unpaired) electrons. The lowest BCUT2D eigenvalue weighted by atomic mass is 10.2. The van der Waals surface area contributed by atoms with E-state index in [2.05, 4.69) is 10.6 Å². The Balaban J connectivity index is 1.82. The van der Waals surface area contributed by atoms with Crippen LogP contribution in [0.5, 0.6) is 11.5 Å². The van der Waals surface area contributed by atoms with E-state index in [0.29, 0.717) is 55.4 Å². The number of hydrogen-bond donors (Lipinski definition) is 2. The first-order chi connectivity index (χ1) is 13.1. The second-order valence-corrected chi connectivity index (χ2v) is 5.80. The largest absolute Gasteiger partial charge is 0.494 e. The van der Waals surface area contributed by atoms with E-state index < -0.39 is 0 Å². The number of carbonyl (C=O) groups is 2.